The molecule has 0 unspecified atom stereocenters. The van der Waals surface area contributed by atoms with Crippen LogP contribution < -0.4 is 4.90 Å². The minimum atomic E-state index is 0.629. The number of para-hydroxylation sites is 1. The third-order valence-corrected chi connectivity index (χ3v) is 6.31. The molecule has 1 aromatic carbocycles. The predicted molar refractivity (Wildman–Crippen MR) is 97.3 cm³/mol. The smallest absolute Gasteiger partial charge is 0.0575 e. The maximum absolute atomic E-state index is 4.46. The highest BCUT2D eigenvalue weighted by Crippen LogP contribution is 2.51. The standard InChI is InChI=1S/C21H25N3/c1-15-6-7-16(14-22-15)8-13-24-19-5-3-2-4-18(19)21-20(24)17-9-11-23(21)12-10-17/h2-7,14,17,20-21H,8-13H2,1H3/t20-,21-/m1/s1. The van der Waals surface area contributed by atoms with E-state index in [2.05, 4.69) is 58.1 Å². The van der Waals surface area contributed by atoms with Gasteiger partial charge in [-0.15, -0.1) is 0 Å². The van der Waals surface area contributed by atoms with Gasteiger partial charge in [0, 0.05) is 24.1 Å². The van der Waals surface area contributed by atoms with Gasteiger partial charge in [-0.1, -0.05) is 24.3 Å². The SMILES string of the molecule is Cc1ccc(CCN2c3ccccc3[C@@H]3[C@H]2C2CCN3CC2)cn1. The highest BCUT2D eigenvalue weighted by Gasteiger charge is 2.50. The molecule has 2 aromatic rings. The van der Waals surface area contributed by atoms with Gasteiger partial charge in [0.15, 0.2) is 0 Å². The second kappa shape index (κ2) is 5.59. The van der Waals surface area contributed by atoms with E-state index in [0.717, 1.165) is 24.6 Å². The van der Waals surface area contributed by atoms with Crippen molar-refractivity contribution in [1.29, 1.82) is 0 Å². The van der Waals surface area contributed by atoms with Crippen molar-refractivity contribution in [3.8, 4) is 0 Å². The summed E-state index contributed by atoms with van der Waals surface area (Å²) in [5.41, 5.74) is 5.49. The van der Waals surface area contributed by atoms with Crippen LogP contribution in [0, 0.1) is 12.8 Å². The zero-order valence-corrected chi connectivity index (χ0v) is 14.4. The summed E-state index contributed by atoms with van der Waals surface area (Å²) in [7, 11) is 0. The number of fused-ring (bicyclic) bond motifs is 3. The van der Waals surface area contributed by atoms with Crippen molar-refractivity contribution < 1.29 is 0 Å². The highest BCUT2D eigenvalue weighted by molar-refractivity contribution is 5.62. The maximum atomic E-state index is 4.46. The first-order valence-electron chi connectivity index (χ1n) is 9.32. The maximum Gasteiger partial charge on any atom is 0.0575 e. The number of piperidine rings is 3. The molecule has 3 heteroatoms. The highest BCUT2D eigenvalue weighted by atomic mass is 15.3. The molecule has 0 aliphatic carbocycles. The van der Waals surface area contributed by atoms with E-state index in [1.165, 1.54) is 37.2 Å². The van der Waals surface area contributed by atoms with Gasteiger partial charge < -0.3 is 4.90 Å². The molecule has 0 amide bonds. The lowest BCUT2D eigenvalue weighted by atomic mass is 9.78. The van der Waals surface area contributed by atoms with E-state index in [0.29, 0.717) is 12.1 Å². The van der Waals surface area contributed by atoms with Gasteiger partial charge in [0.1, 0.15) is 0 Å². The molecule has 5 heterocycles. The molecule has 4 aliphatic rings. The molecule has 2 atom stereocenters. The fraction of sp³-hybridized carbons (Fsp3) is 0.476. The molecule has 24 heavy (non-hydrogen) atoms. The van der Waals surface area contributed by atoms with Gasteiger partial charge in [-0.2, -0.15) is 0 Å². The van der Waals surface area contributed by atoms with Crippen molar-refractivity contribution in [1.82, 2.24) is 9.88 Å². The van der Waals surface area contributed by atoms with Crippen molar-refractivity contribution in [2.24, 2.45) is 5.92 Å². The molecular formula is C21H25N3. The van der Waals surface area contributed by atoms with E-state index in [4.69, 9.17) is 0 Å². The van der Waals surface area contributed by atoms with Gasteiger partial charge in [0.25, 0.3) is 0 Å². The number of anilines is 1. The van der Waals surface area contributed by atoms with E-state index >= 15 is 0 Å². The Balaban J connectivity index is 1.45. The molecule has 3 nitrogen and oxygen atoms in total. The van der Waals surface area contributed by atoms with Gasteiger partial charge in [-0.3, -0.25) is 9.88 Å². The van der Waals surface area contributed by atoms with E-state index < -0.39 is 0 Å². The molecule has 4 aliphatic heterocycles. The first-order chi connectivity index (χ1) is 11.8. The van der Waals surface area contributed by atoms with Crippen LogP contribution in [0.5, 0.6) is 0 Å². The average molecular weight is 319 g/mol. The summed E-state index contributed by atoms with van der Waals surface area (Å²) in [5.74, 6) is 0.864. The van der Waals surface area contributed by atoms with Crippen LogP contribution in [0.3, 0.4) is 0 Å². The molecule has 0 radical (unpaired) electrons. The number of aryl methyl sites for hydroxylation is 1. The number of nitrogens with zero attached hydrogens (tertiary/aromatic N) is 3. The summed E-state index contributed by atoms with van der Waals surface area (Å²) in [4.78, 5) is 9.91. The second-order valence-electron chi connectivity index (χ2n) is 7.62. The molecule has 0 saturated carbocycles. The zero-order valence-electron chi connectivity index (χ0n) is 14.4. The van der Waals surface area contributed by atoms with E-state index in [1.807, 2.05) is 6.20 Å². The van der Waals surface area contributed by atoms with Gasteiger partial charge in [-0.25, -0.2) is 0 Å². The molecule has 0 N–H and O–H groups in total. The second-order valence-corrected chi connectivity index (χ2v) is 7.62. The Morgan fingerprint density at radius 3 is 2.71 bits per heavy atom. The fourth-order valence-electron chi connectivity index (χ4n) is 5.14. The van der Waals surface area contributed by atoms with E-state index in [-0.39, 0.29) is 0 Å². The number of hydrogen-bond donors (Lipinski definition) is 0. The van der Waals surface area contributed by atoms with Crippen molar-refractivity contribution in [2.75, 3.05) is 24.5 Å². The Morgan fingerprint density at radius 2 is 1.92 bits per heavy atom. The summed E-state index contributed by atoms with van der Waals surface area (Å²) in [6, 6.07) is 14.8. The third-order valence-electron chi connectivity index (χ3n) is 6.31. The van der Waals surface area contributed by atoms with Crippen LogP contribution in [-0.4, -0.2) is 35.6 Å². The number of pyridine rings is 1. The van der Waals surface area contributed by atoms with Gasteiger partial charge >= 0.3 is 0 Å². The lowest BCUT2D eigenvalue weighted by Crippen LogP contribution is -2.56. The molecule has 124 valence electrons. The van der Waals surface area contributed by atoms with Crippen LogP contribution in [0.25, 0.3) is 0 Å². The Morgan fingerprint density at radius 1 is 1.08 bits per heavy atom. The zero-order chi connectivity index (χ0) is 16.1. The molecule has 2 bridgehead atoms. The van der Waals surface area contributed by atoms with Crippen LogP contribution in [-0.2, 0) is 6.42 Å². The van der Waals surface area contributed by atoms with Crippen LogP contribution in [0.2, 0.25) is 0 Å². The largest absolute Gasteiger partial charge is 0.366 e. The first kappa shape index (κ1) is 14.5. The van der Waals surface area contributed by atoms with Crippen molar-refractivity contribution in [3.63, 3.8) is 0 Å². The van der Waals surface area contributed by atoms with Crippen molar-refractivity contribution in [2.45, 2.75) is 38.3 Å². The minimum absolute atomic E-state index is 0.629. The van der Waals surface area contributed by atoms with Crippen LogP contribution >= 0.6 is 0 Å². The average Bonchev–Trinajstić information content (AvgIpc) is 2.99. The summed E-state index contributed by atoms with van der Waals surface area (Å²) < 4.78 is 0. The van der Waals surface area contributed by atoms with Crippen molar-refractivity contribution >= 4 is 5.69 Å². The Bertz CT molecular complexity index is 731. The Hall–Kier alpha value is -1.87. The Kier molecular flexibility index (Phi) is 3.37. The molecular weight excluding hydrogens is 294 g/mol. The lowest BCUT2D eigenvalue weighted by Gasteiger charge is -2.50. The number of hydrogen-bond acceptors (Lipinski definition) is 3. The van der Waals surface area contributed by atoms with Gasteiger partial charge in [-0.05, 0) is 68.5 Å². The molecule has 1 aromatic heterocycles. The third kappa shape index (κ3) is 2.18. The topological polar surface area (TPSA) is 19.4 Å². The summed E-state index contributed by atoms with van der Waals surface area (Å²) in [6.07, 6.45) is 5.87. The first-order valence-corrected chi connectivity index (χ1v) is 9.32. The van der Waals surface area contributed by atoms with Gasteiger partial charge in [0.2, 0.25) is 0 Å². The summed E-state index contributed by atoms with van der Waals surface area (Å²) >= 11 is 0. The fourth-order valence-corrected chi connectivity index (χ4v) is 5.14. The summed E-state index contributed by atoms with van der Waals surface area (Å²) in [6.45, 7) is 5.73. The lowest BCUT2D eigenvalue weighted by molar-refractivity contribution is 0.0325. The number of benzene rings is 1. The number of aromatic nitrogens is 1. The van der Waals surface area contributed by atoms with Crippen LogP contribution in [0.1, 0.15) is 35.7 Å². The Labute approximate surface area is 144 Å². The summed E-state index contributed by atoms with van der Waals surface area (Å²) in [5, 5.41) is 0. The molecule has 3 fully saturated rings. The molecule has 6 rings (SSSR count). The van der Waals surface area contributed by atoms with Crippen LogP contribution in [0.15, 0.2) is 42.6 Å². The number of rotatable bonds is 3. The normalized spacial score (nSPS) is 30.3. The minimum Gasteiger partial charge on any atom is -0.366 e. The quantitative estimate of drug-likeness (QED) is 0.862. The predicted octanol–water partition coefficient (Wildman–Crippen LogP) is 3.59. The molecule has 3 saturated heterocycles. The van der Waals surface area contributed by atoms with E-state index in [1.54, 1.807) is 5.56 Å². The monoisotopic (exact) mass is 319 g/mol. The van der Waals surface area contributed by atoms with Crippen LogP contribution in [0.4, 0.5) is 5.69 Å². The molecule has 0 spiro atoms. The van der Waals surface area contributed by atoms with Gasteiger partial charge in [0.05, 0.1) is 12.1 Å². The van der Waals surface area contributed by atoms with E-state index in [9.17, 15) is 0 Å². The van der Waals surface area contributed by atoms with Crippen molar-refractivity contribution in [3.05, 3.63) is 59.4 Å².